The predicted molar refractivity (Wildman–Crippen MR) is 70.1 cm³/mol. The molecule has 0 saturated carbocycles. The standard InChI is InChI=1S/C7H8N2O.C6H5F2N/c8-6-4-2-1-3-5(6)7(9)10;7-4-1-5(8)3-6(9)2-4/h1-4H,8H2,(H2,9,10);1-3H,9H2. The van der Waals surface area contributed by atoms with Gasteiger partial charge < -0.3 is 17.2 Å². The Bertz CT molecular complexity index is 537. The molecule has 2 rings (SSSR count). The number of benzene rings is 2. The van der Waals surface area contributed by atoms with Gasteiger partial charge in [-0.3, -0.25) is 4.79 Å². The van der Waals surface area contributed by atoms with E-state index in [4.69, 9.17) is 17.2 Å². The molecule has 0 heterocycles. The number of carbonyl (C=O) groups is 1. The maximum Gasteiger partial charge on any atom is 0.250 e. The number of hydrogen-bond donors (Lipinski definition) is 3. The molecular weight excluding hydrogens is 252 g/mol. The summed E-state index contributed by atoms with van der Waals surface area (Å²) >= 11 is 0. The molecule has 0 aliphatic carbocycles. The Hall–Kier alpha value is -2.63. The molecule has 19 heavy (non-hydrogen) atoms. The zero-order valence-electron chi connectivity index (χ0n) is 9.94. The highest BCUT2D eigenvalue weighted by Crippen LogP contribution is 2.08. The maximum atomic E-state index is 12.1. The largest absolute Gasteiger partial charge is 0.399 e. The van der Waals surface area contributed by atoms with Crippen molar-refractivity contribution < 1.29 is 13.6 Å². The number of amides is 1. The Balaban J connectivity index is 0.000000191. The Morgan fingerprint density at radius 2 is 1.47 bits per heavy atom. The second-order valence-electron chi connectivity index (χ2n) is 3.65. The van der Waals surface area contributed by atoms with Crippen molar-refractivity contribution in [3.8, 4) is 0 Å². The zero-order chi connectivity index (χ0) is 14.4. The number of para-hydroxylation sites is 1. The lowest BCUT2D eigenvalue weighted by Gasteiger charge is -1.97. The molecule has 2 aromatic rings. The van der Waals surface area contributed by atoms with Gasteiger partial charge in [-0.15, -0.1) is 0 Å². The van der Waals surface area contributed by atoms with Gasteiger partial charge in [0.25, 0.3) is 5.91 Å². The molecule has 0 aromatic heterocycles. The average Bonchev–Trinajstić information content (AvgIpc) is 2.27. The van der Waals surface area contributed by atoms with Gasteiger partial charge >= 0.3 is 0 Å². The number of primary amides is 1. The van der Waals surface area contributed by atoms with E-state index in [1.807, 2.05) is 0 Å². The predicted octanol–water partition coefficient (Wildman–Crippen LogP) is 1.91. The number of nitrogens with two attached hydrogens (primary N) is 3. The van der Waals surface area contributed by atoms with Crippen molar-refractivity contribution in [2.45, 2.75) is 0 Å². The van der Waals surface area contributed by atoms with E-state index in [0.29, 0.717) is 11.3 Å². The SMILES string of the molecule is NC(=O)c1ccccc1N.Nc1cc(F)cc(F)c1. The average molecular weight is 265 g/mol. The first-order valence-electron chi connectivity index (χ1n) is 5.26. The van der Waals surface area contributed by atoms with Gasteiger partial charge in [0.05, 0.1) is 5.56 Å². The normalized spacial score (nSPS) is 9.37. The molecule has 0 aliphatic heterocycles. The lowest BCUT2D eigenvalue weighted by Crippen LogP contribution is -2.12. The van der Waals surface area contributed by atoms with E-state index in [-0.39, 0.29) is 5.69 Å². The van der Waals surface area contributed by atoms with Gasteiger partial charge in [-0.1, -0.05) is 12.1 Å². The fourth-order valence-corrected chi connectivity index (χ4v) is 1.30. The van der Waals surface area contributed by atoms with Crippen LogP contribution in [-0.2, 0) is 0 Å². The van der Waals surface area contributed by atoms with Crippen LogP contribution in [0.3, 0.4) is 0 Å². The van der Waals surface area contributed by atoms with Crippen LogP contribution in [0.5, 0.6) is 0 Å². The Morgan fingerprint density at radius 1 is 0.947 bits per heavy atom. The monoisotopic (exact) mass is 265 g/mol. The third kappa shape index (κ3) is 4.63. The Labute approximate surface area is 108 Å². The summed E-state index contributed by atoms with van der Waals surface area (Å²) in [6.45, 7) is 0. The van der Waals surface area contributed by atoms with E-state index in [1.54, 1.807) is 24.3 Å². The quantitative estimate of drug-likeness (QED) is 0.687. The lowest BCUT2D eigenvalue weighted by atomic mass is 10.2. The third-order valence-electron chi connectivity index (χ3n) is 2.11. The molecule has 0 spiro atoms. The Kier molecular flexibility index (Phi) is 4.82. The van der Waals surface area contributed by atoms with Gasteiger partial charge in [-0.2, -0.15) is 0 Å². The Morgan fingerprint density at radius 3 is 1.84 bits per heavy atom. The van der Waals surface area contributed by atoms with E-state index < -0.39 is 17.5 Å². The first-order valence-corrected chi connectivity index (χ1v) is 5.26. The van der Waals surface area contributed by atoms with E-state index in [9.17, 15) is 13.6 Å². The summed E-state index contributed by atoms with van der Waals surface area (Å²) in [6.07, 6.45) is 0. The fraction of sp³-hybridized carbons (Fsp3) is 0. The van der Waals surface area contributed by atoms with E-state index in [2.05, 4.69) is 0 Å². The van der Waals surface area contributed by atoms with Crippen LogP contribution in [0, 0.1) is 11.6 Å². The summed E-state index contributed by atoms with van der Waals surface area (Å²) in [7, 11) is 0. The van der Waals surface area contributed by atoms with Gasteiger partial charge in [-0.05, 0) is 24.3 Å². The molecule has 0 radical (unpaired) electrons. The van der Waals surface area contributed by atoms with Crippen molar-refractivity contribution in [2.24, 2.45) is 5.73 Å². The molecule has 0 aliphatic rings. The van der Waals surface area contributed by atoms with Crippen LogP contribution in [0.2, 0.25) is 0 Å². The first kappa shape index (κ1) is 14.4. The molecule has 0 saturated heterocycles. The van der Waals surface area contributed by atoms with Crippen LogP contribution in [0.15, 0.2) is 42.5 Å². The number of carbonyl (C=O) groups excluding carboxylic acids is 1. The van der Waals surface area contributed by atoms with Gasteiger partial charge in [0.1, 0.15) is 11.6 Å². The highest BCUT2D eigenvalue weighted by Gasteiger charge is 2.01. The van der Waals surface area contributed by atoms with Crippen molar-refractivity contribution in [2.75, 3.05) is 11.5 Å². The number of nitrogen functional groups attached to an aromatic ring is 2. The third-order valence-corrected chi connectivity index (χ3v) is 2.11. The van der Waals surface area contributed by atoms with Gasteiger partial charge in [-0.25, -0.2) is 8.78 Å². The molecule has 0 unspecified atom stereocenters. The molecule has 100 valence electrons. The summed E-state index contributed by atoms with van der Waals surface area (Å²) < 4.78 is 24.2. The molecule has 6 heteroatoms. The lowest BCUT2D eigenvalue weighted by molar-refractivity contribution is 0.100. The maximum absolute atomic E-state index is 12.1. The second kappa shape index (κ2) is 6.34. The van der Waals surface area contributed by atoms with Crippen LogP contribution in [0.1, 0.15) is 10.4 Å². The minimum absolute atomic E-state index is 0.104. The number of halogens is 2. The van der Waals surface area contributed by atoms with Crippen LogP contribution in [-0.4, -0.2) is 5.91 Å². The van der Waals surface area contributed by atoms with Crippen LogP contribution in [0.25, 0.3) is 0 Å². The molecule has 6 N–H and O–H groups in total. The fourth-order valence-electron chi connectivity index (χ4n) is 1.30. The number of hydrogen-bond acceptors (Lipinski definition) is 3. The van der Waals surface area contributed by atoms with E-state index in [0.717, 1.165) is 18.2 Å². The van der Waals surface area contributed by atoms with Crippen LogP contribution >= 0.6 is 0 Å². The van der Waals surface area contributed by atoms with Gasteiger partial charge in [0.2, 0.25) is 0 Å². The molecule has 1 amide bonds. The smallest absolute Gasteiger partial charge is 0.250 e. The van der Waals surface area contributed by atoms with Crippen molar-refractivity contribution in [1.29, 1.82) is 0 Å². The number of rotatable bonds is 1. The molecule has 4 nitrogen and oxygen atoms in total. The highest BCUT2D eigenvalue weighted by molar-refractivity contribution is 5.97. The number of anilines is 2. The summed E-state index contributed by atoms with van der Waals surface area (Å²) in [5.41, 5.74) is 16.4. The highest BCUT2D eigenvalue weighted by atomic mass is 19.1. The molecule has 0 fully saturated rings. The van der Waals surface area contributed by atoms with Crippen LogP contribution in [0.4, 0.5) is 20.2 Å². The molecule has 0 atom stereocenters. The van der Waals surface area contributed by atoms with E-state index >= 15 is 0 Å². The minimum atomic E-state index is -0.646. The topological polar surface area (TPSA) is 95.1 Å². The van der Waals surface area contributed by atoms with Crippen molar-refractivity contribution >= 4 is 17.3 Å². The molecule has 0 bridgehead atoms. The first-order chi connectivity index (χ1) is 8.90. The van der Waals surface area contributed by atoms with Gasteiger partial charge in [0.15, 0.2) is 0 Å². The minimum Gasteiger partial charge on any atom is -0.399 e. The molecule has 2 aromatic carbocycles. The zero-order valence-corrected chi connectivity index (χ0v) is 9.94. The van der Waals surface area contributed by atoms with Crippen LogP contribution < -0.4 is 17.2 Å². The van der Waals surface area contributed by atoms with Crippen molar-refractivity contribution in [1.82, 2.24) is 0 Å². The summed E-state index contributed by atoms with van der Waals surface area (Å²) in [5, 5.41) is 0. The van der Waals surface area contributed by atoms with Crippen molar-refractivity contribution in [3.63, 3.8) is 0 Å². The summed E-state index contributed by atoms with van der Waals surface area (Å²) in [4.78, 5) is 10.6. The second-order valence-corrected chi connectivity index (χ2v) is 3.65. The van der Waals surface area contributed by atoms with Gasteiger partial charge in [0, 0.05) is 17.4 Å². The van der Waals surface area contributed by atoms with E-state index in [1.165, 1.54) is 0 Å². The summed E-state index contributed by atoms with van der Waals surface area (Å²) in [5.74, 6) is -1.78. The summed E-state index contributed by atoms with van der Waals surface area (Å²) in [6, 6.07) is 9.60. The molecular formula is C13H13F2N3O. The van der Waals surface area contributed by atoms with Crippen molar-refractivity contribution in [3.05, 3.63) is 59.7 Å².